The molecule has 20 heavy (non-hydrogen) atoms. The first-order chi connectivity index (χ1) is 9.29. The zero-order valence-corrected chi connectivity index (χ0v) is 13.2. The number of hydrogen-bond acceptors (Lipinski definition) is 3. The number of sulfone groups is 1. The van der Waals surface area contributed by atoms with Crippen LogP contribution in [0.3, 0.4) is 0 Å². The second kappa shape index (κ2) is 5.92. The van der Waals surface area contributed by atoms with Crippen LogP contribution >= 0.6 is 23.2 Å². The Kier molecular flexibility index (Phi) is 4.62. The molecular weight excluding hydrogens is 321 g/mol. The van der Waals surface area contributed by atoms with Gasteiger partial charge in [-0.05, 0) is 37.5 Å². The highest BCUT2D eigenvalue weighted by atomic mass is 35.5. The molecule has 110 valence electrons. The Bertz CT molecular complexity index is 627. The lowest BCUT2D eigenvalue weighted by molar-refractivity contribution is -0.120. The predicted molar refractivity (Wildman–Crippen MR) is 79.7 cm³/mol. The summed E-state index contributed by atoms with van der Waals surface area (Å²) in [5.74, 6) is -0.670. The molecule has 0 aromatic heterocycles. The highest BCUT2D eigenvalue weighted by Gasteiger charge is 2.32. The number of rotatable bonds is 5. The van der Waals surface area contributed by atoms with Crippen LogP contribution in [-0.2, 0) is 20.4 Å². The molecule has 1 aliphatic rings. The summed E-state index contributed by atoms with van der Waals surface area (Å²) in [6, 6.07) is 4.79. The predicted octanol–water partition coefficient (Wildman–Crippen LogP) is 2.58. The number of hydrogen-bond donors (Lipinski definition) is 1. The van der Waals surface area contributed by atoms with Crippen molar-refractivity contribution in [2.75, 3.05) is 0 Å². The molecule has 7 heteroatoms. The van der Waals surface area contributed by atoms with E-state index >= 15 is 0 Å². The van der Waals surface area contributed by atoms with Crippen LogP contribution in [0.5, 0.6) is 0 Å². The van der Waals surface area contributed by atoms with Crippen molar-refractivity contribution in [1.29, 1.82) is 0 Å². The fourth-order valence-corrected chi connectivity index (χ4v) is 3.31. The summed E-state index contributed by atoms with van der Waals surface area (Å²) in [5, 5.41) is 2.30. The van der Waals surface area contributed by atoms with Gasteiger partial charge in [0.2, 0.25) is 5.91 Å². The standard InChI is InChI=1S/C13H15Cl2NO3S/c1-8(13(17)16-10-3-4-10)20(18,19)7-9-2-5-11(14)12(15)6-9/h2,5-6,8,10H,3-4,7H2,1H3,(H,16,17)/t8-/m1/s1. The van der Waals surface area contributed by atoms with Crippen molar-refractivity contribution in [3.8, 4) is 0 Å². The average Bonchev–Trinajstić information content (AvgIpc) is 3.16. The molecule has 0 radical (unpaired) electrons. The maximum absolute atomic E-state index is 12.2. The molecule has 0 bridgehead atoms. The largest absolute Gasteiger partial charge is 0.352 e. The van der Waals surface area contributed by atoms with Gasteiger partial charge < -0.3 is 5.32 Å². The van der Waals surface area contributed by atoms with E-state index in [2.05, 4.69) is 5.32 Å². The van der Waals surface area contributed by atoms with Crippen molar-refractivity contribution in [3.05, 3.63) is 33.8 Å². The third kappa shape index (κ3) is 3.87. The molecule has 1 atom stereocenters. The molecule has 0 unspecified atom stereocenters. The highest BCUT2D eigenvalue weighted by Crippen LogP contribution is 2.24. The van der Waals surface area contributed by atoms with Crippen LogP contribution in [-0.4, -0.2) is 25.6 Å². The van der Waals surface area contributed by atoms with Gasteiger partial charge >= 0.3 is 0 Å². The first kappa shape index (κ1) is 15.6. The van der Waals surface area contributed by atoms with Gasteiger partial charge in [-0.15, -0.1) is 0 Å². The zero-order chi connectivity index (χ0) is 14.9. The molecule has 1 aromatic rings. The monoisotopic (exact) mass is 335 g/mol. The molecule has 1 aromatic carbocycles. The summed E-state index contributed by atoms with van der Waals surface area (Å²) in [4.78, 5) is 11.8. The maximum atomic E-state index is 12.2. The van der Waals surface area contributed by atoms with Gasteiger partial charge in [0.15, 0.2) is 9.84 Å². The minimum atomic E-state index is -3.57. The number of nitrogens with one attached hydrogen (secondary N) is 1. The SMILES string of the molecule is C[C@H](C(=O)NC1CC1)S(=O)(=O)Cc1ccc(Cl)c(Cl)c1. The van der Waals surface area contributed by atoms with Gasteiger partial charge in [-0.2, -0.15) is 0 Å². The lowest BCUT2D eigenvalue weighted by Gasteiger charge is -2.13. The Balaban J connectivity index is 2.08. The third-order valence-corrected chi connectivity index (χ3v) is 5.95. The van der Waals surface area contributed by atoms with Gasteiger partial charge in [0.05, 0.1) is 15.8 Å². The van der Waals surface area contributed by atoms with Crippen molar-refractivity contribution in [2.24, 2.45) is 0 Å². The quantitative estimate of drug-likeness (QED) is 0.899. The van der Waals surface area contributed by atoms with Crippen LogP contribution in [0.1, 0.15) is 25.3 Å². The summed E-state index contributed by atoms with van der Waals surface area (Å²) in [6.07, 6.45) is 1.84. The van der Waals surface area contributed by atoms with Crippen LogP contribution in [0.15, 0.2) is 18.2 Å². The Labute approximate surface area is 128 Å². The van der Waals surface area contributed by atoms with Crippen LogP contribution in [0.25, 0.3) is 0 Å². The van der Waals surface area contributed by atoms with E-state index in [1.54, 1.807) is 12.1 Å². The van der Waals surface area contributed by atoms with E-state index in [0.717, 1.165) is 12.8 Å². The number of benzene rings is 1. The average molecular weight is 336 g/mol. The minimum absolute atomic E-state index is 0.144. The fourth-order valence-electron chi connectivity index (χ4n) is 1.70. The van der Waals surface area contributed by atoms with Crippen LogP contribution < -0.4 is 5.32 Å². The van der Waals surface area contributed by atoms with E-state index in [1.165, 1.54) is 13.0 Å². The van der Waals surface area contributed by atoms with E-state index in [0.29, 0.717) is 15.6 Å². The van der Waals surface area contributed by atoms with Gasteiger partial charge in [-0.3, -0.25) is 4.79 Å². The first-order valence-corrected chi connectivity index (χ1v) is 8.72. The summed E-state index contributed by atoms with van der Waals surface area (Å²) in [7, 11) is -3.57. The number of carbonyl (C=O) groups excluding carboxylic acids is 1. The Morgan fingerprint density at radius 3 is 2.55 bits per heavy atom. The van der Waals surface area contributed by atoms with E-state index in [4.69, 9.17) is 23.2 Å². The number of halogens is 2. The van der Waals surface area contributed by atoms with Gasteiger partial charge in [-0.25, -0.2) is 8.42 Å². The highest BCUT2D eigenvalue weighted by molar-refractivity contribution is 7.92. The van der Waals surface area contributed by atoms with Crippen molar-refractivity contribution in [2.45, 2.75) is 36.8 Å². The topological polar surface area (TPSA) is 63.2 Å². The molecule has 1 amide bonds. The van der Waals surface area contributed by atoms with Crippen molar-refractivity contribution >= 4 is 38.9 Å². The zero-order valence-electron chi connectivity index (χ0n) is 10.9. The van der Waals surface area contributed by atoms with Crippen molar-refractivity contribution < 1.29 is 13.2 Å². The molecule has 0 heterocycles. The third-order valence-electron chi connectivity index (χ3n) is 3.18. The molecule has 1 aliphatic carbocycles. The Morgan fingerprint density at radius 1 is 1.35 bits per heavy atom. The molecule has 0 saturated heterocycles. The molecular formula is C13H15Cl2NO3S. The summed E-state index contributed by atoms with van der Waals surface area (Å²) in [6.45, 7) is 1.41. The Hall–Kier alpha value is -0.780. The van der Waals surface area contributed by atoms with Crippen LogP contribution in [0.2, 0.25) is 10.0 Å². The van der Waals surface area contributed by atoms with Gasteiger partial charge in [0, 0.05) is 6.04 Å². The minimum Gasteiger partial charge on any atom is -0.352 e. The van der Waals surface area contributed by atoms with E-state index in [1.807, 2.05) is 0 Å². The fraction of sp³-hybridized carbons (Fsp3) is 0.462. The smallest absolute Gasteiger partial charge is 0.238 e. The van der Waals surface area contributed by atoms with Gasteiger partial charge in [-0.1, -0.05) is 29.3 Å². The molecule has 0 aliphatic heterocycles. The van der Waals surface area contributed by atoms with Gasteiger partial charge in [0.25, 0.3) is 0 Å². The molecule has 1 fully saturated rings. The summed E-state index contributed by atoms with van der Waals surface area (Å²) in [5.41, 5.74) is 0.519. The van der Waals surface area contributed by atoms with E-state index < -0.39 is 21.0 Å². The molecule has 2 rings (SSSR count). The second-order valence-corrected chi connectivity index (χ2v) is 8.12. The second-order valence-electron chi connectivity index (χ2n) is 4.98. The van der Waals surface area contributed by atoms with E-state index in [-0.39, 0.29) is 11.8 Å². The maximum Gasteiger partial charge on any atom is 0.238 e. The Morgan fingerprint density at radius 2 is 2.00 bits per heavy atom. The van der Waals surface area contributed by atoms with Crippen LogP contribution in [0.4, 0.5) is 0 Å². The van der Waals surface area contributed by atoms with E-state index in [9.17, 15) is 13.2 Å². The summed E-state index contributed by atoms with van der Waals surface area (Å²) < 4.78 is 24.4. The van der Waals surface area contributed by atoms with Gasteiger partial charge in [0.1, 0.15) is 5.25 Å². The molecule has 1 N–H and O–H groups in total. The lowest BCUT2D eigenvalue weighted by Crippen LogP contribution is -2.39. The molecule has 0 spiro atoms. The normalized spacial score (nSPS) is 16.8. The molecule has 1 saturated carbocycles. The lowest BCUT2D eigenvalue weighted by atomic mass is 10.2. The van der Waals surface area contributed by atoms with Crippen molar-refractivity contribution in [1.82, 2.24) is 5.32 Å². The first-order valence-electron chi connectivity index (χ1n) is 6.25. The number of carbonyl (C=O) groups is 1. The summed E-state index contributed by atoms with van der Waals surface area (Å²) >= 11 is 11.6. The van der Waals surface area contributed by atoms with Crippen LogP contribution in [0, 0.1) is 0 Å². The van der Waals surface area contributed by atoms with Crippen molar-refractivity contribution in [3.63, 3.8) is 0 Å². The number of amides is 1. The molecule has 4 nitrogen and oxygen atoms in total.